The quantitative estimate of drug-likeness (QED) is 0.678. The van der Waals surface area contributed by atoms with Gasteiger partial charge in [0.25, 0.3) is 0 Å². The van der Waals surface area contributed by atoms with Gasteiger partial charge >= 0.3 is 0 Å². The SMILES string of the molecule is CC1(C(=O)NC2CCCCCCCCCCC2)Sc2ccccc2NC1=O. The summed E-state index contributed by atoms with van der Waals surface area (Å²) in [7, 11) is 0. The molecule has 2 amide bonds. The fraction of sp³-hybridized carbons (Fsp3) is 0.636. The number of thioether (sulfide) groups is 1. The number of fused-ring (bicyclic) bond motifs is 1. The number of hydrogen-bond acceptors (Lipinski definition) is 3. The molecule has 1 aromatic rings. The van der Waals surface area contributed by atoms with Gasteiger partial charge in [-0.3, -0.25) is 9.59 Å². The number of carbonyl (C=O) groups excluding carboxylic acids is 2. The van der Waals surface area contributed by atoms with Gasteiger partial charge in [0.05, 0.1) is 5.69 Å². The molecule has 0 radical (unpaired) electrons. The van der Waals surface area contributed by atoms with Crippen LogP contribution in [0.1, 0.15) is 77.6 Å². The Hall–Kier alpha value is -1.49. The van der Waals surface area contributed by atoms with Crippen LogP contribution in [0.4, 0.5) is 5.69 Å². The van der Waals surface area contributed by atoms with Gasteiger partial charge in [0.2, 0.25) is 11.8 Å². The van der Waals surface area contributed by atoms with Gasteiger partial charge < -0.3 is 10.6 Å². The summed E-state index contributed by atoms with van der Waals surface area (Å²) in [5, 5.41) is 6.13. The molecule has 1 heterocycles. The molecule has 0 saturated heterocycles. The number of benzene rings is 1. The van der Waals surface area contributed by atoms with Crippen molar-refractivity contribution in [3.05, 3.63) is 24.3 Å². The lowest BCUT2D eigenvalue weighted by atomic mass is 9.97. The molecule has 2 N–H and O–H groups in total. The monoisotopic (exact) mass is 388 g/mol. The highest BCUT2D eigenvalue weighted by Gasteiger charge is 2.46. The van der Waals surface area contributed by atoms with Crippen molar-refractivity contribution in [2.75, 3.05) is 5.32 Å². The van der Waals surface area contributed by atoms with Crippen molar-refractivity contribution >= 4 is 29.3 Å². The van der Waals surface area contributed by atoms with Gasteiger partial charge in [-0.2, -0.15) is 0 Å². The zero-order chi connectivity index (χ0) is 19.1. The summed E-state index contributed by atoms with van der Waals surface area (Å²) in [5.41, 5.74) is 0.795. The van der Waals surface area contributed by atoms with E-state index < -0.39 is 4.75 Å². The number of nitrogens with one attached hydrogen (secondary N) is 2. The molecule has 1 fully saturated rings. The van der Waals surface area contributed by atoms with Crippen molar-refractivity contribution in [3.8, 4) is 0 Å². The third kappa shape index (κ3) is 5.28. The van der Waals surface area contributed by atoms with Crippen molar-refractivity contribution in [1.29, 1.82) is 0 Å². The summed E-state index contributed by atoms with van der Waals surface area (Å²) in [4.78, 5) is 26.7. The average molecular weight is 389 g/mol. The van der Waals surface area contributed by atoms with E-state index in [0.717, 1.165) is 36.3 Å². The molecule has 2 aliphatic rings. The Balaban J connectivity index is 1.64. The number of carbonyl (C=O) groups is 2. The smallest absolute Gasteiger partial charge is 0.250 e. The highest BCUT2D eigenvalue weighted by Crippen LogP contribution is 2.42. The van der Waals surface area contributed by atoms with Gasteiger partial charge in [0, 0.05) is 10.9 Å². The van der Waals surface area contributed by atoms with Crippen molar-refractivity contribution < 1.29 is 9.59 Å². The lowest BCUT2D eigenvalue weighted by molar-refractivity contribution is -0.130. The second-order valence-electron chi connectivity index (χ2n) is 8.02. The van der Waals surface area contributed by atoms with E-state index in [9.17, 15) is 9.59 Å². The molecule has 3 rings (SSSR count). The van der Waals surface area contributed by atoms with Crippen LogP contribution in [0, 0.1) is 0 Å². The number of anilines is 1. The molecule has 0 bridgehead atoms. The first-order valence-corrected chi connectivity index (χ1v) is 11.3. The minimum atomic E-state index is -1.11. The Labute approximate surface area is 167 Å². The molecule has 1 unspecified atom stereocenters. The molecule has 5 heteroatoms. The van der Waals surface area contributed by atoms with Crippen LogP contribution in [0.5, 0.6) is 0 Å². The number of amides is 2. The summed E-state index contributed by atoms with van der Waals surface area (Å²) in [6, 6.07) is 7.85. The minimum absolute atomic E-state index is 0.156. The third-order valence-electron chi connectivity index (χ3n) is 5.76. The van der Waals surface area contributed by atoms with E-state index in [-0.39, 0.29) is 17.9 Å². The van der Waals surface area contributed by atoms with Gasteiger partial charge in [-0.05, 0) is 31.9 Å². The fourth-order valence-electron chi connectivity index (χ4n) is 3.95. The van der Waals surface area contributed by atoms with Crippen LogP contribution >= 0.6 is 11.8 Å². The zero-order valence-corrected chi connectivity index (χ0v) is 17.2. The summed E-state index contributed by atoms with van der Waals surface area (Å²) in [5.74, 6) is -0.381. The van der Waals surface area contributed by atoms with Crippen molar-refractivity contribution in [2.24, 2.45) is 0 Å². The molecule has 1 aliphatic heterocycles. The first kappa shape index (κ1) is 20.2. The second-order valence-corrected chi connectivity index (χ2v) is 9.48. The molecule has 4 nitrogen and oxygen atoms in total. The highest BCUT2D eigenvalue weighted by atomic mass is 32.2. The molecular weight excluding hydrogens is 356 g/mol. The summed E-state index contributed by atoms with van der Waals surface area (Å²) < 4.78 is -1.11. The van der Waals surface area contributed by atoms with Crippen LogP contribution in [0.3, 0.4) is 0 Å². The Morgan fingerprint density at radius 3 is 2.19 bits per heavy atom. The van der Waals surface area contributed by atoms with Crippen molar-refractivity contribution in [2.45, 2.75) is 93.2 Å². The molecule has 148 valence electrons. The highest BCUT2D eigenvalue weighted by molar-refractivity contribution is 8.02. The predicted octanol–water partition coefficient (Wildman–Crippen LogP) is 5.28. The first-order chi connectivity index (χ1) is 13.1. The molecule has 0 spiro atoms. The number of para-hydroxylation sites is 1. The standard InChI is InChI=1S/C22H32N2O2S/c1-22(21(26)24-18-15-11-12-16-19(18)27-22)20(25)23-17-13-9-7-5-3-2-4-6-8-10-14-17/h11-12,15-17H,2-10,13-14H2,1H3,(H,23,25)(H,24,26). The van der Waals surface area contributed by atoms with E-state index in [2.05, 4.69) is 10.6 Å². The largest absolute Gasteiger partial charge is 0.352 e. The summed E-state index contributed by atoms with van der Waals surface area (Å²) in [6.45, 7) is 1.74. The average Bonchev–Trinajstić information content (AvgIpc) is 2.64. The van der Waals surface area contributed by atoms with E-state index in [4.69, 9.17) is 0 Å². The van der Waals surface area contributed by atoms with Crippen LogP contribution in [-0.2, 0) is 9.59 Å². The second kappa shape index (κ2) is 9.63. The molecule has 1 atom stereocenters. The Morgan fingerprint density at radius 2 is 1.56 bits per heavy atom. The maximum atomic E-state index is 13.1. The number of rotatable bonds is 2. The van der Waals surface area contributed by atoms with Crippen molar-refractivity contribution in [1.82, 2.24) is 5.32 Å². The summed E-state index contributed by atoms with van der Waals surface area (Å²) >= 11 is 1.36. The molecule has 1 aliphatic carbocycles. The van der Waals surface area contributed by atoms with E-state index in [1.807, 2.05) is 24.3 Å². The molecule has 1 aromatic carbocycles. The van der Waals surface area contributed by atoms with Crippen LogP contribution in [0.25, 0.3) is 0 Å². The van der Waals surface area contributed by atoms with Crippen molar-refractivity contribution in [3.63, 3.8) is 0 Å². The van der Waals surface area contributed by atoms with Gasteiger partial charge in [-0.1, -0.05) is 81.7 Å². The minimum Gasteiger partial charge on any atom is -0.352 e. The first-order valence-electron chi connectivity index (χ1n) is 10.5. The lowest BCUT2D eigenvalue weighted by Crippen LogP contribution is -2.54. The van der Waals surface area contributed by atoms with Gasteiger partial charge in [-0.25, -0.2) is 0 Å². The topological polar surface area (TPSA) is 58.2 Å². The zero-order valence-electron chi connectivity index (χ0n) is 16.4. The molecule has 0 aromatic heterocycles. The van der Waals surface area contributed by atoms with Gasteiger partial charge in [0.1, 0.15) is 0 Å². The normalized spacial score (nSPS) is 25.4. The van der Waals surface area contributed by atoms with Crippen LogP contribution in [-0.4, -0.2) is 22.6 Å². The maximum Gasteiger partial charge on any atom is 0.250 e. The van der Waals surface area contributed by atoms with E-state index >= 15 is 0 Å². The molecular formula is C22H32N2O2S. The third-order valence-corrected chi connectivity index (χ3v) is 7.11. The van der Waals surface area contributed by atoms with Crippen LogP contribution in [0.15, 0.2) is 29.2 Å². The van der Waals surface area contributed by atoms with Gasteiger partial charge in [0.15, 0.2) is 4.75 Å². The van der Waals surface area contributed by atoms with E-state index in [1.54, 1.807) is 6.92 Å². The lowest BCUT2D eigenvalue weighted by Gasteiger charge is -2.33. The Bertz CT molecular complexity index is 651. The molecule has 27 heavy (non-hydrogen) atoms. The van der Waals surface area contributed by atoms with E-state index in [1.165, 1.54) is 56.7 Å². The maximum absolute atomic E-state index is 13.1. The van der Waals surface area contributed by atoms with Crippen LogP contribution in [0.2, 0.25) is 0 Å². The summed E-state index contributed by atoms with van der Waals surface area (Å²) in [6.07, 6.45) is 13.5. The Morgan fingerprint density at radius 1 is 1.00 bits per heavy atom. The number of hydrogen-bond donors (Lipinski definition) is 2. The fourth-order valence-corrected chi connectivity index (χ4v) is 5.06. The molecule has 1 saturated carbocycles. The Kier molecular flexibility index (Phi) is 7.22. The van der Waals surface area contributed by atoms with Gasteiger partial charge in [-0.15, -0.1) is 0 Å². The van der Waals surface area contributed by atoms with Crippen LogP contribution < -0.4 is 10.6 Å². The van der Waals surface area contributed by atoms with E-state index in [0.29, 0.717) is 0 Å². The predicted molar refractivity (Wildman–Crippen MR) is 112 cm³/mol.